The second-order valence-corrected chi connectivity index (χ2v) is 4.29. The SMILES string of the molecule is c1nc2cc(NC3=NCCC3)cnc2s1. The summed E-state index contributed by atoms with van der Waals surface area (Å²) in [6.07, 6.45) is 4.02. The first-order valence-electron chi connectivity index (χ1n) is 4.91. The van der Waals surface area contributed by atoms with E-state index in [4.69, 9.17) is 0 Å². The van der Waals surface area contributed by atoms with Crippen molar-refractivity contribution in [3.05, 3.63) is 17.8 Å². The van der Waals surface area contributed by atoms with Crippen molar-refractivity contribution in [3.63, 3.8) is 0 Å². The highest BCUT2D eigenvalue weighted by Crippen LogP contribution is 2.19. The van der Waals surface area contributed by atoms with Gasteiger partial charge >= 0.3 is 0 Å². The summed E-state index contributed by atoms with van der Waals surface area (Å²) >= 11 is 1.56. The van der Waals surface area contributed by atoms with Crippen molar-refractivity contribution in [1.82, 2.24) is 9.97 Å². The average molecular weight is 218 g/mol. The van der Waals surface area contributed by atoms with E-state index in [0.29, 0.717) is 0 Å². The molecule has 0 bridgehead atoms. The second kappa shape index (κ2) is 3.58. The number of fused-ring (bicyclic) bond motifs is 1. The van der Waals surface area contributed by atoms with Gasteiger partial charge in [0.1, 0.15) is 16.2 Å². The van der Waals surface area contributed by atoms with Crippen LogP contribution in [0.3, 0.4) is 0 Å². The lowest BCUT2D eigenvalue weighted by atomic mass is 10.3. The fourth-order valence-electron chi connectivity index (χ4n) is 1.63. The van der Waals surface area contributed by atoms with Gasteiger partial charge in [-0.25, -0.2) is 9.97 Å². The minimum Gasteiger partial charge on any atom is -0.343 e. The number of amidine groups is 1. The molecule has 0 amide bonds. The average Bonchev–Trinajstić information content (AvgIpc) is 2.87. The zero-order chi connectivity index (χ0) is 10.1. The number of hydrogen-bond donors (Lipinski definition) is 1. The molecule has 3 heterocycles. The van der Waals surface area contributed by atoms with Crippen LogP contribution in [0.4, 0.5) is 5.69 Å². The van der Waals surface area contributed by atoms with Crippen molar-refractivity contribution in [3.8, 4) is 0 Å². The molecule has 0 aromatic carbocycles. The number of aromatic nitrogens is 2. The van der Waals surface area contributed by atoms with Gasteiger partial charge in [-0.3, -0.25) is 4.99 Å². The molecule has 15 heavy (non-hydrogen) atoms. The van der Waals surface area contributed by atoms with Gasteiger partial charge < -0.3 is 5.32 Å². The molecule has 1 aliphatic heterocycles. The quantitative estimate of drug-likeness (QED) is 0.799. The fraction of sp³-hybridized carbons (Fsp3) is 0.300. The highest BCUT2D eigenvalue weighted by molar-refractivity contribution is 7.16. The summed E-state index contributed by atoms with van der Waals surface area (Å²) in [6, 6.07) is 2.01. The third kappa shape index (κ3) is 1.70. The highest BCUT2D eigenvalue weighted by atomic mass is 32.1. The Morgan fingerprint density at radius 2 is 2.33 bits per heavy atom. The molecule has 0 saturated heterocycles. The molecule has 4 nitrogen and oxygen atoms in total. The number of anilines is 1. The Hall–Kier alpha value is -1.49. The zero-order valence-electron chi connectivity index (χ0n) is 8.10. The maximum atomic E-state index is 4.36. The fourth-order valence-corrected chi connectivity index (χ4v) is 2.25. The molecular weight excluding hydrogens is 208 g/mol. The first-order chi connectivity index (χ1) is 7.42. The molecule has 3 rings (SSSR count). The highest BCUT2D eigenvalue weighted by Gasteiger charge is 2.07. The van der Waals surface area contributed by atoms with Gasteiger partial charge in [-0.15, -0.1) is 11.3 Å². The molecule has 0 spiro atoms. The van der Waals surface area contributed by atoms with Gasteiger partial charge in [-0.1, -0.05) is 0 Å². The predicted molar refractivity (Wildman–Crippen MR) is 62.6 cm³/mol. The summed E-state index contributed by atoms with van der Waals surface area (Å²) in [5, 5.41) is 3.27. The number of rotatable bonds is 1. The number of thiazole rings is 1. The summed E-state index contributed by atoms with van der Waals surface area (Å²) in [7, 11) is 0. The van der Waals surface area contributed by atoms with E-state index >= 15 is 0 Å². The number of nitrogens with one attached hydrogen (secondary N) is 1. The molecule has 1 aliphatic rings. The van der Waals surface area contributed by atoms with E-state index in [9.17, 15) is 0 Å². The van der Waals surface area contributed by atoms with E-state index in [0.717, 1.165) is 41.3 Å². The topological polar surface area (TPSA) is 50.2 Å². The van der Waals surface area contributed by atoms with E-state index in [2.05, 4.69) is 20.3 Å². The Labute approximate surface area is 91.1 Å². The Morgan fingerprint density at radius 1 is 1.33 bits per heavy atom. The third-order valence-electron chi connectivity index (χ3n) is 2.35. The van der Waals surface area contributed by atoms with Gasteiger partial charge in [-0.2, -0.15) is 0 Å². The molecule has 2 aromatic heterocycles. The maximum Gasteiger partial charge on any atom is 0.143 e. The molecule has 1 N–H and O–H groups in total. The number of aliphatic imine (C=N–C) groups is 1. The van der Waals surface area contributed by atoms with Crippen molar-refractivity contribution in [2.24, 2.45) is 4.99 Å². The molecule has 0 radical (unpaired) electrons. The largest absolute Gasteiger partial charge is 0.343 e. The van der Waals surface area contributed by atoms with Crippen LogP contribution >= 0.6 is 11.3 Å². The lowest BCUT2D eigenvalue weighted by Gasteiger charge is -2.04. The van der Waals surface area contributed by atoms with Gasteiger partial charge in [0, 0.05) is 13.0 Å². The minimum absolute atomic E-state index is 0.939. The van der Waals surface area contributed by atoms with Crippen molar-refractivity contribution in [2.75, 3.05) is 11.9 Å². The Balaban J connectivity index is 1.90. The molecule has 0 unspecified atom stereocenters. The van der Waals surface area contributed by atoms with E-state index in [1.165, 1.54) is 0 Å². The Morgan fingerprint density at radius 3 is 3.20 bits per heavy atom. The minimum atomic E-state index is 0.939. The summed E-state index contributed by atoms with van der Waals surface area (Å²) in [5.41, 5.74) is 3.74. The van der Waals surface area contributed by atoms with Crippen molar-refractivity contribution >= 4 is 33.2 Å². The van der Waals surface area contributed by atoms with Crippen LogP contribution < -0.4 is 5.32 Å². The molecule has 0 aliphatic carbocycles. The van der Waals surface area contributed by atoms with Gasteiger partial charge in [0.05, 0.1) is 17.4 Å². The van der Waals surface area contributed by atoms with Crippen LogP contribution in [0.25, 0.3) is 10.3 Å². The molecule has 0 atom stereocenters. The van der Waals surface area contributed by atoms with Crippen LogP contribution in [0.15, 0.2) is 22.8 Å². The molecule has 5 heteroatoms. The van der Waals surface area contributed by atoms with Gasteiger partial charge in [-0.05, 0) is 12.5 Å². The van der Waals surface area contributed by atoms with E-state index < -0.39 is 0 Å². The number of nitrogens with zero attached hydrogens (tertiary/aromatic N) is 3. The summed E-state index contributed by atoms with van der Waals surface area (Å²) in [5.74, 6) is 1.06. The Kier molecular flexibility index (Phi) is 2.10. The monoisotopic (exact) mass is 218 g/mol. The first-order valence-corrected chi connectivity index (χ1v) is 5.79. The van der Waals surface area contributed by atoms with Crippen LogP contribution in [0.2, 0.25) is 0 Å². The molecular formula is C10H10N4S. The lowest BCUT2D eigenvalue weighted by molar-refractivity contribution is 0.951. The van der Waals surface area contributed by atoms with Crippen LogP contribution in [-0.4, -0.2) is 22.3 Å². The van der Waals surface area contributed by atoms with Crippen LogP contribution in [-0.2, 0) is 0 Å². The third-order valence-corrected chi connectivity index (χ3v) is 3.10. The normalized spacial score (nSPS) is 15.6. The van der Waals surface area contributed by atoms with Crippen LogP contribution in [0.1, 0.15) is 12.8 Å². The van der Waals surface area contributed by atoms with Gasteiger partial charge in [0.25, 0.3) is 0 Å². The summed E-state index contributed by atoms with van der Waals surface area (Å²) < 4.78 is 0. The van der Waals surface area contributed by atoms with E-state index in [-0.39, 0.29) is 0 Å². The summed E-state index contributed by atoms with van der Waals surface area (Å²) in [4.78, 5) is 13.9. The van der Waals surface area contributed by atoms with Crippen LogP contribution in [0.5, 0.6) is 0 Å². The molecule has 0 fully saturated rings. The van der Waals surface area contributed by atoms with Crippen molar-refractivity contribution < 1.29 is 0 Å². The molecule has 2 aromatic rings. The van der Waals surface area contributed by atoms with Crippen molar-refractivity contribution in [1.29, 1.82) is 0 Å². The lowest BCUT2D eigenvalue weighted by Crippen LogP contribution is -2.08. The van der Waals surface area contributed by atoms with Gasteiger partial charge in [0.15, 0.2) is 0 Å². The predicted octanol–water partition coefficient (Wildman–Crippen LogP) is 2.30. The van der Waals surface area contributed by atoms with E-state index in [1.807, 2.05) is 17.8 Å². The zero-order valence-corrected chi connectivity index (χ0v) is 8.92. The van der Waals surface area contributed by atoms with E-state index in [1.54, 1.807) is 11.3 Å². The van der Waals surface area contributed by atoms with Crippen molar-refractivity contribution in [2.45, 2.75) is 12.8 Å². The number of hydrogen-bond acceptors (Lipinski definition) is 5. The van der Waals surface area contributed by atoms with Crippen LogP contribution in [0, 0.1) is 0 Å². The standard InChI is InChI=1S/C10H10N4S/c1-2-9(11-3-1)14-7-4-8-10(12-5-7)15-6-13-8/h4-6H,1-3H2,(H,11,14). The second-order valence-electron chi connectivity index (χ2n) is 3.46. The van der Waals surface area contributed by atoms with Gasteiger partial charge in [0.2, 0.25) is 0 Å². The number of pyridine rings is 1. The molecule has 0 saturated carbocycles. The maximum absolute atomic E-state index is 4.36. The smallest absolute Gasteiger partial charge is 0.143 e. The summed E-state index contributed by atoms with van der Waals surface area (Å²) in [6.45, 7) is 0.939. The Bertz CT molecular complexity index is 517. The molecule has 76 valence electrons. The first kappa shape index (κ1) is 8.79.